The molecule has 0 aromatic heterocycles. The molecule has 1 N–H and O–H groups in total. The lowest BCUT2D eigenvalue weighted by atomic mass is 9.91. The van der Waals surface area contributed by atoms with E-state index in [0.717, 1.165) is 19.3 Å². The van der Waals surface area contributed by atoms with Gasteiger partial charge in [0.1, 0.15) is 5.60 Å². The van der Waals surface area contributed by atoms with Crippen molar-refractivity contribution in [2.24, 2.45) is 11.3 Å². The molecule has 6 heteroatoms. The number of likely N-dealkylation sites (tertiary alicyclic amines) is 1. The zero-order valence-electron chi connectivity index (χ0n) is 12.7. The van der Waals surface area contributed by atoms with E-state index in [1.54, 1.807) is 4.90 Å². The second-order valence-corrected chi connectivity index (χ2v) is 6.76. The van der Waals surface area contributed by atoms with Crippen molar-refractivity contribution in [1.82, 2.24) is 10.4 Å². The number of hydroxylamine groups is 1. The van der Waals surface area contributed by atoms with Crippen LogP contribution in [0.5, 0.6) is 0 Å². The lowest BCUT2D eigenvalue weighted by Crippen LogP contribution is -2.43. The molecule has 0 radical (unpaired) electrons. The molecule has 1 saturated heterocycles. The van der Waals surface area contributed by atoms with Gasteiger partial charge in [-0.2, -0.15) is 0 Å². The Kier molecular flexibility index (Phi) is 3.95. The summed E-state index contributed by atoms with van der Waals surface area (Å²) in [6, 6.07) is 0. The largest absolute Gasteiger partial charge is 0.444 e. The van der Waals surface area contributed by atoms with Crippen molar-refractivity contribution in [2.45, 2.75) is 45.6 Å². The van der Waals surface area contributed by atoms with E-state index in [9.17, 15) is 9.59 Å². The summed E-state index contributed by atoms with van der Waals surface area (Å²) in [5.41, 5.74) is 2.00. The quantitative estimate of drug-likeness (QED) is 0.784. The summed E-state index contributed by atoms with van der Waals surface area (Å²) >= 11 is 0. The van der Waals surface area contributed by atoms with E-state index in [-0.39, 0.29) is 23.3 Å². The number of hydrogen-bond donors (Lipinski definition) is 1. The predicted molar refractivity (Wildman–Crippen MR) is 72.7 cm³/mol. The van der Waals surface area contributed by atoms with Gasteiger partial charge in [-0.25, -0.2) is 10.3 Å². The Morgan fingerprint density at radius 3 is 2.35 bits per heavy atom. The highest BCUT2D eigenvalue weighted by Gasteiger charge is 2.59. The van der Waals surface area contributed by atoms with Crippen molar-refractivity contribution in [1.29, 1.82) is 0 Å². The van der Waals surface area contributed by atoms with Gasteiger partial charge in [-0.15, -0.1) is 0 Å². The Balaban J connectivity index is 1.82. The summed E-state index contributed by atoms with van der Waals surface area (Å²) in [7, 11) is 1.44. The third-order valence-corrected chi connectivity index (χ3v) is 4.12. The smallest absolute Gasteiger partial charge is 0.410 e. The molecule has 1 saturated carbocycles. The Hall–Kier alpha value is -1.30. The third kappa shape index (κ3) is 3.23. The van der Waals surface area contributed by atoms with Crippen LogP contribution in [0.2, 0.25) is 0 Å². The highest BCUT2D eigenvalue weighted by molar-refractivity contribution is 5.81. The van der Waals surface area contributed by atoms with Crippen LogP contribution in [-0.4, -0.2) is 42.7 Å². The summed E-state index contributed by atoms with van der Waals surface area (Å²) in [6.07, 6.45) is 2.35. The Morgan fingerprint density at radius 1 is 1.25 bits per heavy atom. The molecule has 20 heavy (non-hydrogen) atoms. The number of carbonyl (C=O) groups is 2. The number of piperidine rings is 1. The second-order valence-electron chi connectivity index (χ2n) is 6.76. The first-order chi connectivity index (χ1) is 9.27. The number of carbonyl (C=O) groups excluding carboxylic acids is 2. The van der Waals surface area contributed by atoms with Gasteiger partial charge in [0.15, 0.2) is 0 Å². The first-order valence-electron chi connectivity index (χ1n) is 7.08. The fourth-order valence-corrected chi connectivity index (χ4v) is 2.90. The van der Waals surface area contributed by atoms with Crippen LogP contribution in [0.3, 0.4) is 0 Å². The standard InChI is InChI=1S/C14H24N2O4/c1-13(2,3)20-12(18)16-7-5-14(6-8-16)9-10(14)11(17)15-19-4/h10H,5-9H2,1-4H3,(H,15,17)/t10-/m1/s1. The van der Waals surface area contributed by atoms with Gasteiger partial charge < -0.3 is 9.64 Å². The summed E-state index contributed by atoms with van der Waals surface area (Å²) in [5.74, 6) is -0.0125. The van der Waals surface area contributed by atoms with Gasteiger partial charge >= 0.3 is 6.09 Å². The van der Waals surface area contributed by atoms with E-state index < -0.39 is 5.60 Å². The van der Waals surface area contributed by atoms with Crippen molar-refractivity contribution < 1.29 is 19.2 Å². The lowest BCUT2D eigenvalue weighted by molar-refractivity contribution is -0.133. The number of amides is 2. The highest BCUT2D eigenvalue weighted by atomic mass is 16.6. The molecule has 2 rings (SSSR count). The molecule has 1 heterocycles. The minimum absolute atomic E-state index is 0.0308. The van der Waals surface area contributed by atoms with Crippen LogP contribution in [0.4, 0.5) is 4.79 Å². The molecule has 2 amide bonds. The number of nitrogens with one attached hydrogen (secondary N) is 1. The molecule has 0 aromatic carbocycles. The molecule has 1 aliphatic carbocycles. The zero-order valence-corrected chi connectivity index (χ0v) is 12.7. The molecule has 2 aliphatic rings. The predicted octanol–water partition coefficient (Wildman–Crippen LogP) is 1.70. The molecule has 1 aliphatic heterocycles. The molecule has 6 nitrogen and oxygen atoms in total. The minimum Gasteiger partial charge on any atom is -0.444 e. The topological polar surface area (TPSA) is 67.9 Å². The molecular weight excluding hydrogens is 260 g/mol. The summed E-state index contributed by atoms with van der Waals surface area (Å²) in [5, 5.41) is 0. The third-order valence-electron chi connectivity index (χ3n) is 4.12. The maximum absolute atomic E-state index is 12.0. The van der Waals surface area contributed by atoms with Gasteiger partial charge in [-0.05, 0) is 45.4 Å². The number of nitrogens with zero attached hydrogens (tertiary/aromatic N) is 1. The van der Waals surface area contributed by atoms with E-state index in [4.69, 9.17) is 4.74 Å². The molecule has 114 valence electrons. The van der Waals surface area contributed by atoms with E-state index in [0.29, 0.717) is 13.1 Å². The van der Waals surface area contributed by atoms with Gasteiger partial charge in [0.25, 0.3) is 0 Å². The Bertz CT molecular complexity index is 394. The van der Waals surface area contributed by atoms with Crippen LogP contribution < -0.4 is 5.48 Å². The molecule has 0 bridgehead atoms. The van der Waals surface area contributed by atoms with Crippen LogP contribution in [-0.2, 0) is 14.4 Å². The average molecular weight is 284 g/mol. The molecule has 0 aromatic rings. The van der Waals surface area contributed by atoms with Crippen molar-refractivity contribution in [3.8, 4) is 0 Å². The Labute approximate surface area is 119 Å². The van der Waals surface area contributed by atoms with Crippen molar-refractivity contribution in [3.05, 3.63) is 0 Å². The summed E-state index contributed by atoms with van der Waals surface area (Å²) < 4.78 is 5.37. The van der Waals surface area contributed by atoms with Crippen molar-refractivity contribution in [3.63, 3.8) is 0 Å². The van der Waals surface area contributed by atoms with Crippen LogP contribution in [0.15, 0.2) is 0 Å². The van der Waals surface area contributed by atoms with Crippen LogP contribution in [0, 0.1) is 11.3 Å². The van der Waals surface area contributed by atoms with Crippen molar-refractivity contribution in [2.75, 3.05) is 20.2 Å². The number of hydrogen-bond acceptors (Lipinski definition) is 4. The molecule has 1 spiro atoms. The van der Waals surface area contributed by atoms with E-state index in [1.807, 2.05) is 20.8 Å². The average Bonchev–Trinajstić information content (AvgIpc) is 3.02. The van der Waals surface area contributed by atoms with Crippen LogP contribution >= 0.6 is 0 Å². The van der Waals surface area contributed by atoms with Gasteiger partial charge in [-0.1, -0.05) is 0 Å². The monoisotopic (exact) mass is 284 g/mol. The lowest BCUT2D eigenvalue weighted by Gasteiger charge is -2.34. The fraction of sp³-hybridized carbons (Fsp3) is 0.857. The molecule has 2 fully saturated rings. The Morgan fingerprint density at radius 2 is 1.85 bits per heavy atom. The van der Waals surface area contributed by atoms with Crippen LogP contribution in [0.25, 0.3) is 0 Å². The first-order valence-corrected chi connectivity index (χ1v) is 7.08. The second kappa shape index (κ2) is 5.24. The number of rotatable bonds is 2. The van der Waals surface area contributed by atoms with Gasteiger partial charge in [0.05, 0.1) is 7.11 Å². The SMILES string of the molecule is CONC(=O)[C@H]1CC12CCN(C(=O)OC(C)(C)C)CC2. The summed E-state index contributed by atoms with van der Waals surface area (Å²) in [6.45, 7) is 6.91. The van der Waals surface area contributed by atoms with E-state index >= 15 is 0 Å². The maximum Gasteiger partial charge on any atom is 0.410 e. The molecular formula is C14H24N2O4. The minimum atomic E-state index is -0.466. The highest BCUT2D eigenvalue weighted by Crippen LogP contribution is 2.59. The van der Waals surface area contributed by atoms with E-state index in [1.165, 1.54) is 7.11 Å². The van der Waals surface area contributed by atoms with E-state index in [2.05, 4.69) is 10.3 Å². The zero-order chi connectivity index (χ0) is 15.0. The number of ether oxygens (including phenoxy) is 1. The van der Waals surface area contributed by atoms with Gasteiger partial charge in [0.2, 0.25) is 5.91 Å². The van der Waals surface area contributed by atoms with Gasteiger partial charge in [-0.3, -0.25) is 9.63 Å². The van der Waals surface area contributed by atoms with Gasteiger partial charge in [0, 0.05) is 19.0 Å². The summed E-state index contributed by atoms with van der Waals surface area (Å²) in [4.78, 5) is 30.1. The maximum atomic E-state index is 12.0. The molecule has 1 atom stereocenters. The fourth-order valence-electron chi connectivity index (χ4n) is 2.90. The van der Waals surface area contributed by atoms with Crippen molar-refractivity contribution >= 4 is 12.0 Å². The first kappa shape index (κ1) is 15.1. The normalized spacial score (nSPS) is 24.4. The molecule has 0 unspecified atom stereocenters. The van der Waals surface area contributed by atoms with Crippen LogP contribution in [0.1, 0.15) is 40.0 Å².